The minimum atomic E-state index is -4.76. The third-order valence-corrected chi connectivity index (χ3v) is 8.02. The lowest BCUT2D eigenvalue weighted by atomic mass is 9.81. The van der Waals surface area contributed by atoms with Crippen molar-refractivity contribution in [2.45, 2.75) is 63.1 Å². The second-order valence-electron chi connectivity index (χ2n) is 9.77. The smallest absolute Gasteiger partial charge is 0.472 e. The zero-order valence-corrected chi connectivity index (χ0v) is 20.5. The quantitative estimate of drug-likeness (QED) is 0.273. The normalized spacial score (nSPS) is 40.4. The molecule has 0 radical (unpaired) electrons. The SMILES string of the molecule is C[C@@]12Cc3cn(c(=O)nc3[O-])[C@H]3C[C@H](O)[C@@H](COP(=O)(O)O[C@H]4C[C@@H](O[C@@H]4CO)N(C1)C(=O)NC2=O)O3. The van der Waals surface area contributed by atoms with E-state index in [2.05, 4.69) is 10.3 Å². The average Bonchev–Trinajstić information content (AvgIpc) is 3.39. The third kappa shape index (κ3) is 4.91. The number of amides is 3. The van der Waals surface area contributed by atoms with Crippen LogP contribution in [0.25, 0.3) is 0 Å². The fourth-order valence-corrected chi connectivity index (χ4v) is 5.98. The molecule has 1 unspecified atom stereocenters. The van der Waals surface area contributed by atoms with Gasteiger partial charge in [-0.05, 0) is 24.8 Å². The van der Waals surface area contributed by atoms with Crippen molar-refractivity contribution in [3.05, 3.63) is 22.2 Å². The fourth-order valence-electron chi connectivity index (χ4n) is 5.02. The van der Waals surface area contributed by atoms with Gasteiger partial charge in [0.1, 0.15) is 30.8 Å². The number of hydrogen-bond acceptors (Lipinski definition) is 12. The molecule has 17 heteroatoms. The number of aromatic nitrogens is 2. The van der Waals surface area contributed by atoms with Crippen molar-refractivity contribution in [2.75, 3.05) is 19.8 Å². The number of aliphatic hydroxyl groups is 2. The lowest BCUT2D eigenvalue weighted by Gasteiger charge is -2.41. The summed E-state index contributed by atoms with van der Waals surface area (Å²) in [4.78, 5) is 53.0. The highest BCUT2D eigenvalue weighted by molar-refractivity contribution is 7.47. The summed E-state index contributed by atoms with van der Waals surface area (Å²) in [6, 6.07) is -0.795. The molecule has 16 nitrogen and oxygen atoms in total. The van der Waals surface area contributed by atoms with Crippen LogP contribution in [0.1, 0.15) is 31.6 Å². The summed E-state index contributed by atoms with van der Waals surface area (Å²) in [7, 11) is -4.76. The molecular formula is C20H26N4O12P-. The van der Waals surface area contributed by atoms with Crippen LogP contribution in [0.3, 0.4) is 0 Å². The van der Waals surface area contributed by atoms with Crippen LogP contribution < -0.4 is 16.1 Å². The lowest BCUT2D eigenvalue weighted by molar-refractivity contribution is -0.276. The maximum Gasteiger partial charge on any atom is 0.472 e. The molecule has 0 saturated carbocycles. The molecular weight excluding hydrogens is 519 g/mol. The van der Waals surface area contributed by atoms with Crippen molar-refractivity contribution in [3.63, 3.8) is 0 Å². The van der Waals surface area contributed by atoms with Crippen LogP contribution in [0.4, 0.5) is 4.79 Å². The Hall–Kier alpha value is -2.43. The van der Waals surface area contributed by atoms with E-state index >= 15 is 0 Å². The van der Waals surface area contributed by atoms with Gasteiger partial charge in [0.05, 0.1) is 24.7 Å². The monoisotopic (exact) mass is 545 g/mol. The van der Waals surface area contributed by atoms with E-state index in [4.69, 9.17) is 18.5 Å². The van der Waals surface area contributed by atoms with E-state index in [1.54, 1.807) is 0 Å². The van der Waals surface area contributed by atoms with Gasteiger partial charge in [0.25, 0.3) is 0 Å². The van der Waals surface area contributed by atoms with Crippen molar-refractivity contribution >= 4 is 19.8 Å². The molecule has 3 amide bonds. The number of phosphoric acid groups is 1. The summed E-state index contributed by atoms with van der Waals surface area (Å²) in [6.07, 6.45) is -5.98. The number of hydrogen-bond donors (Lipinski definition) is 4. The predicted octanol–water partition coefficient (Wildman–Crippen LogP) is -2.31. The molecule has 8 atom stereocenters. The molecule has 1 aromatic rings. The van der Waals surface area contributed by atoms with Gasteiger partial charge >= 0.3 is 19.5 Å². The van der Waals surface area contributed by atoms with Crippen molar-refractivity contribution in [2.24, 2.45) is 5.41 Å². The zero-order valence-electron chi connectivity index (χ0n) is 19.6. The second-order valence-corrected chi connectivity index (χ2v) is 11.2. The number of imide groups is 1. The molecule has 37 heavy (non-hydrogen) atoms. The van der Waals surface area contributed by atoms with Crippen LogP contribution in [0.5, 0.6) is 5.88 Å². The first-order valence-electron chi connectivity index (χ1n) is 11.6. The number of nitrogens with zero attached hydrogens (tertiary/aromatic N) is 3. The Bertz CT molecular complexity index is 1210. The van der Waals surface area contributed by atoms with Crippen molar-refractivity contribution in [3.8, 4) is 5.88 Å². The Morgan fingerprint density at radius 1 is 1.24 bits per heavy atom. The van der Waals surface area contributed by atoms with Gasteiger partial charge in [0.15, 0.2) is 0 Å². The summed E-state index contributed by atoms with van der Waals surface area (Å²) in [5, 5.41) is 35.0. The topological polar surface area (TPSA) is 222 Å². The van der Waals surface area contributed by atoms with Gasteiger partial charge < -0.3 is 29.7 Å². The first-order chi connectivity index (χ1) is 17.4. The Labute approximate surface area is 209 Å². The first-order valence-corrected chi connectivity index (χ1v) is 13.1. The van der Waals surface area contributed by atoms with E-state index in [9.17, 15) is 39.2 Å². The van der Waals surface area contributed by atoms with E-state index in [0.717, 1.165) is 4.57 Å². The van der Waals surface area contributed by atoms with Crippen LogP contribution in [-0.4, -0.2) is 91.9 Å². The summed E-state index contributed by atoms with van der Waals surface area (Å²) in [5.41, 5.74) is -2.32. The molecule has 3 fully saturated rings. The van der Waals surface area contributed by atoms with Crippen molar-refractivity contribution in [1.82, 2.24) is 19.8 Å². The highest BCUT2D eigenvalue weighted by Crippen LogP contribution is 2.48. The number of phosphoric ester groups is 1. The van der Waals surface area contributed by atoms with Gasteiger partial charge in [0, 0.05) is 25.6 Å². The average molecular weight is 545 g/mol. The number of carbonyl (C=O) groups is 2. The number of carbonyl (C=O) groups excluding carboxylic acids is 2. The van der Waals surface area contributed by atoms with Gasteiger partial charge in [0.2, 0.25) is 5.91 Å². The van der Waals surface area contributed by atoms with Crippen LogP contribution in [0.2, 0.25) is 0 Å². The Morgan fingerprint density at radius 2 is 2.00 bits per heavy atom. The first kappa shape index (κ1) is 26.2. The zero-order chi connectivity index (χ0) is 26.7. The fraction of sp³-hybridized carbons (Fsp3) is 0.700. The Balaban J connectivity index is 1.55. The molecule has 4 aliphatic rings. The maximum absolute atomic E-state index is 12.9. The summed E-state index contributed by atoms with van der Waals surface area (Å²) < 4.78 is 35.2. The molecule has 0 aliphatic carbocycles. The number of urea groups is 1. The predicted molar refractivity (Wildman–Crippen MR) is 116 cm³/mol. The third-order valence-electron chi connectivity index (χ3n) is 7.01. The molecule has 5 rings (SSSR count). The van der Waals surface area contributed by atoms with Crippen LogP contribution in [-0.2, 0) is 34.3 Å². The Kier molecular flexibility index (Phi) is 6.65. The largest absolute Gasteiger partial charge is 0.858 e. The number of ether oxygens (including phenoxy) is 2. The standard InChI is InChI=1S/C20H27N4O12P/c1-20-4-9-5-23(18(29)21-16(9)27)14-2-10(26)13(35-14)7-33-37(31,32)36-11-3-15(34-12(11)6-25)24(8-20)19(30)22-17(20)28/h5,10-15,25-26H,2-4,6-8H2,1H3,(H,31,32)(H,21,27,29)(H,22,28,30)/p-1/t10-,11-,12+,13+,14+,15+,20+/m0/s1. The van der Waals surface area contributed by atoms with Crippen molar-refractivity contribution < 1.29 is 52.9 Å². The van der Waals surface area contributed by atoms with Gasteiger partial charge in [-0.1, -0.05) is 0 Å². The summed E-state index contributed by atoms with van der Waals surface area (Å²) in [6.45, 7) is 0.104. The van der Waals surface area contributed by atoms with Crippen LogP contribution in [0.15, 0.2) is 11.0 Å². The lowest BCUT2D eigenvalue weighted by Crippen LogP contribution is -2.62. The Morgan fingerprint density at radius 3 is 2.73 bits per heavy atom. The molecule has 8 bridgehead atoms. The molecule has 1 aromatic heterocycles. The minimum absolute atomic E-state index is 0.00435. The minimum Gasteiger partial charge on any atom is -0.858 e. The van der Waals surface area contributed by atoms with Crippen molar-refractivity contribution in [1.29, 1.82) is 0 Å². The number of rotatable bonds is 1. The second kappa shape index (κ2) is 9.39. The van der Waals surface area contributed by atoms with E-state index in [1.807, 2.05) is 0 Å². The molecule has 204 valence electrons. The molecule has 3 saturated heterocycles. The van der Waals surface area contributed by atoms with E-state index < -0.39 is 86.8 Å². The molecule has 4 aliphatic heterocycles. The summed E-state index contributed by atoms with van der Waals surface area (Å²) in [5.74, 6) is -1.53. The molecule has 5 heterocycles. The number of fused-ring (bicyclic) bond motifs is 10. The van der Waals surface area contributed by atoms with Gasteiger partial charge in [-0.3, -0.25) is 28.6 Å². The van der Waals surface area contributed by atoms with E-state index in [-0.39, 0.29) is 31.4 Å². The van der Waals surface area contributed by atoms with Gasteiger partial charge in [-0.15, -0.1) is 0 Å². The maximum atomic E-state index is 12.9. The highest BCUT2D eigenvalue weighted by atomic mass is 31.2. The highest BCUT2D eigenvalue weighted by Gasteiger charge is 2.50. The van der Waals surface area contributed by atoms with E-state index in [1.165, 1.54) is 18.0 Å². The van der Waals surface area contributed by atoms with Gasteiger partial charge in [-0.2, -0.15) is 0 Å². The molecule has 0 spiro atoms. The number of aliphatic hydroxyl groups excluding tert-OH is 2. The van der Waals surface area contributed by atoms with Gasteiger partial charge in [-0.25, -0.2) is 19.1 Å². The summed E-state index contributed by atoms with van der Waals surface area (Å²) >= 11 is 0. The van der Waals surface area contributed by atoms with Crippen LogP contribution in [0, 0.1) is 5.41 Å². The number of nitrogens with one attached hydrogen (secondary N) is 1. The van der Waals surface area contributed by atoms with Crippen LogP contribution >= 0.6 is 7.82 Å². The van der Waals surface area contributed by atoms with E-state index in [0.29, 0.717) is 0 Å². The molecule has 0 aromatic carbocycles. The molecule has 4 N–H and O–H groups in total.